The highest BCUT2D eigenvalue weighted by molar-refractivity contribution is 6.01. The lowest BCUT2D eigenvalue weighted by Crippen LogP contribution is -2.41. The second kappa shape index (κ2) is 15.1. The van der Waals surface area contributed by atoms with Gasteiger partial charge in [-0.05, 0) is 96.7 Å². The fourth-order valence-corrected chi connectivity index (χ4v) is 7.40. The van der Waals surface area contributed by atoms with Crippen molar-refractivity contribution < 1.29 is 34.0 Å². The number of fused-ring (bicyclic) bond motifs is 5. The first-order valence-corrected chi connectivity index (χ1v) is 17.9. The number of aryl methyl sites for hydroxylation is 1. The van der Waals surface area contributed by atoms with E-state index in [0.717, 1.165) is 40.6 Å². The summed E-state index contributed by atoms with van der Waals surface area (Å²) >= 11 is 0. The van der Waals surface area contributed by atoms with Gasteiger partial charge in [-0.1, -0.05) is 54.9 Å². The van der Waals surface area contributed by atoms with Crippen LogP contribution < -0.4 is 9.47 Å². The van der Waals surface area contributed by atoms with Crippen molar-refractivity contribution in [2.24, 2.45) is 0 Å². The normalized spacial score (nSPS) is 23.6. The van der Waals surface area contributed by atoms with E-state index in [-0.39, 0.29) is 50.6 Å². The molecule has 0 fully saturated rings. The van der Waals surface area contributed by atoms with Crippen LogP contribution >= 0.6 is 0 Å². The van der Waals surface area contributed by atoms with Gasteiger partial charge in [0.25, 0.3) is 5.91 Å². The van der Waals surface area contributed by atoms with Gasteiger partial charge in [-0.15, -0.1) is 0 Å². The number of aromatic amines is 1. The molecular formula is C43H42N2O7. The Kier molecular flexibility index (Phi) is 10.2. The summed E-state index contributed by atoms with van der Waals surface area (Å²) in [6, 6.07) is 14.0. The first-order valence-electron chi connectivity index (χ1n) is 17.9. The van der Waals surface area contributed by atoms with E-state index < -0.39 is 11.7 Å². The summed E-state index contributed by atoms with van der Waals surface area (Å²) in [4.78, 5) is 32.3. The molecule has 2 aliphatic carbocycles. The van der Waals surface area contributed by atoms with Crippen LogP contribution in [0.3, 0.4) is 0 Å². The van der Waals surface area contributed by atoms with Crippen molar-refractivity contribution in [3.8, 4) is 35.2 Å². The van der Waals surface area contributed by atoms with Crippen LogP contribution in [0.1, 0.15) is 67.6 Å². The molecule has 52 heavy (non-hydrogen) atoms. The summed E-state index contributed by atoms with van der Waals surface area (Å²) in [6.07, 6.45) is 9.56. The third kappa shape index (κ3) is 6.96. The van der Waals surface area contributed by atoms with Crippen molar-refractivity contribution in [1.82, 2.24) is 9.88 Å². The van der Waals surface area contributed by atoms with E-state index in [2.05, 4.69) is 46.9 Å². The molecule has 2 bridgehead atoms. The van der Waals surface area contributed by atoms with Crippen LogP contribution in [0.2, 0.25) is 0 Å². The van der Waals surface area contributed by atoms with Crippen molar-refractivity contribution in [3.05, 3.63) is 100 Å². The molecule has 266 valence electrons. The number of ether oxygens (including phenoxy) is 3. The number of aromatic nitrogens is 1. The summed E-state index contributed by atoms with van der Waals surface area (Å²) in [6.45, 7) is 4.11. The van der Waals surface area contributed by atoms with Gasteiger partial charge in [0.15, 0.2) is 22.9 Å². The van der Waals surface area contributed by atoms with Crippen molar-refractivity contribution >= 4 is 28.2 Å². The molecule has 0 saturated heterocycles. The fourth-order valence-electron chi connectivity index (χ4n) is 7.40. The molecule has 1 amide bonds. The Balaban J connectivity index is 1.06. The minimum atomic E-state index is -1.61. The lowest BCUT2D eigenvalue weighted by molar-refractivity contribution is -0.118. The lowest BCUT2D eigenvalue weighted by atomic mass is 9.73. The Morgan fingerprint density at radius 2 is 1.87 bits per heavy atom. The Hall–Kier alpha value is -5.32. The number of nitrogens with one attached hydrogen (secondary N) is 1. The van der Waals surface area contributed by atoms with Crippen molar-refractivity contribution in [2.45, 2.75) is 70.1 Å². The highest BCUT2D eigenvalue weighted by Gasteiger charge is 2.42. The van der Waals surface area contributed by atoms with Gasteiger partial charge in [0, 0.05) is 41.0 Å². The number of aliphatic hydroxyl groups excluding tert-OH is 1. The van der Waals surface area contributed by atoms with E-state index in [4.69, 9.17) is 14.2 Å². The number of carbonyl (C=O) groups is 2. The summed E-state index contributed by atoms with van der Waals surface area (Å²) < 4.78 is 18.4. The average Bonchev–Trinajstić information content (AvgIpc) is 3.75. The van der Waals surface area contributed by atoms with E-state index >= 15 is 0 Å². The van der Waals surface area contributed by atoms with Gasteiger partial charge in [-0.2, -0.15) is 0 Å². The van der Waals surface area contributed by atoms with Gasteiger partial charge in [0.2, 0.25) is 0 Å². The molecule has 9 nitrogen and oxygen atoms in total. The number of aliphatic hydroxyl groups is 2. The molecule has 2 aromatic carbocycles. The highest BCUT2D eigenvalue weighted by Crippen LogP contribution is 2.41. The number of hydrogen-bond donors (Lipinski definition) is 3. The zero-order valence-electron chi connectivity index (χ0n) is 29.5. The van der Waals surface area contributed by atoms with Crippen LogP contribution in [0.15, 0.2) is 83.6 Å². The van der Waals surface area contributed by atoms with Crippen LogP contribution in [0, 0.1) is 23.7 Å². The summed E-state index contributed by atoms with van der Waals surface area (Å²) in [5.41, 5.74) is 4.70. The van der Waals surface area contributed by atoms with E-state index in [9.17, 15) is 19.8 Å². The molecule has 3 atom stereocenters. The number of ketones is 1. The quantitative estimate of drug-likeness (QED) is 0.170. The standard InChI is InChI=1S/C43H42N2O7/c1-3-11-34-41-28(2)37(47)26-43(34,49)17-9-5-4-6-14-38(41)50-19-10-20-51-39-24-29-15-16-32-22-31(36-23-30-12-7-8-13-35(30)44-36)27-45(32)42(48)33(29)25-40(39)52-21-18-46/h4-5,7-8,11-13,23-25,27,32,38,44,46,49H,3,10,15-16,18-22,26H2,1-2H3/b5-4-,34-11+/t32?,38-,43-/m0/s1. The smallest absolute Gasteiger partial charge is 0.258 e. The minimum absolute atomic E-state index is 0.0409. The Labute approximate surface area is 303 Å². The number of H-pyrrole nitrogens is 1. The van der Waals surface area contributed by atoms with Gasteiger partial charge in [-0.25, -0.2) is 0 Å². The van der Waals surface area contributed by atoms with E-state index in [1.807, 2.05) is 42.3 Å². The second-order valence-corrected chi connectivity index (χ2v) is 13.4. The molecule has 0 spiro atoms. The number of hydrogen-bond acceptors (Lipinski definition) is 7. The lowest BCUT2D eigenvalue weighted by Gasteiger charge is -2.35. The van der Waals surface area contributed by atoms with Crippen LogP contribution in [0.5, 0.6) is 11.5 Å². The molecule has 7 rings (SSSR count). The highest BCUT2D eigenvalue weighted by atomic mass is 16.5. The van der Waals surface area contributed by atoms with E-state index in [1.165, 1.54) is 0 Å². The van der Waals surface area contributed by atoms with E-state index in [0.29, 0.717) is 53.0 Å². The molecule has 2 aliphatic heterocycles. The SMILES string of the molecule is CC/C=C1\C2=C(C)C(=O)C[C@@]1(O)C#C/C=C\C#C[C@@H]2OCCCOc1cc2c(cc1OCCO)C(=O)N1C=C(c3cc4ccccc4[nH]3)CC1CC2. The van der Waals surface area contributed by atoms with Crippen molar-refractivity contribution in [2.75, 3.05) is 26.4 Å². The number of Topliss-reactive ketones (excluding diaryl/α,β-unsaturated/α-hetero) is 1. The summed E-state index contributed by atoms with van der Waals surface area (Å²) in [7, 11) is 0. The molecule has 4 aliphatic rings. The first-order chi connectivity index (χ1) is 25.3. The van der Waals surface area contributed by atoms with Crippen molar-refractivity contribution in [3.63, 3.8) is 0 Å². The number of rotatable bonds is 11. The van der Waals surface area contributed by atoms with Gasteiger partial charge < -0.3 is 34.3 Å². The summed E-state index contributed by atoms with van der Waals surface area (Å²) in [5, 5.41) is 22.2. The number of nitrogens with zero attached hydrogens (tertiary/aromatic N) is 1. The number of carbonyl (C=O) groups excluding carboxylic acids is 2. The molecule has 0 radical (unpaired) electrons. The Morgan fingerprint density at radius 3 is 2.69 bits per heavy atom. The van der Waals surface area contributed by atoms with E-state index in [1.54, 1.807) is 25.1 Å². The first kappa shape index (κ1) is 35.1. The predicted molar refractivity (Wildman–Crippen MR) is 198 cm³/mol. The van der Waals surface area contributed by atoms with Crippen molar-refractivity contribution in [1.29, 1.82) is 0 Å². The number of benzene rings is 2. The maximum atomic E-state index is 14.0. The minimum Gasteiger partial charge on any atom is -0.490 e. The molecular weight excluding hydrogens is 656 g/mol. The predicted octanol–water partition coefficient (Wildman–Crippen LogP) is 5.83. The average molecular weight is 699 g/mol. The number of amides is 1. The molecule has 1 aromatic heterocycles. The molecule has 3 aromatic rings. The monoisotopic (exact) mass is 698 g/mol. The van der Waals surface area contributed by atoms with Gasteiger partial charge >= 0.3 is 0 Å². The zero-order chi connectivity index (χ0) is 36.2. The molecule has 3 heterocycles. The second-order valence-electron chi connectivity index (χ2n) is 13.4. The topological polar surface area (TPSA) is 121 Å². The number of allylic oxidation sites excluding steroid dienone is 4. The third-order valence-corrected chi connectivity index (χ3v) is 9.97. The molecule has 9 heteroatoms. The van der Waals surface area contributed by atoms with Gasteiger partial charge in [0.1, 0.15) is 12.7 Å². The summed E-state index contributed by atoms with van der Waals surface area (Å²) in [5.74, 6) is 12.4. The number of para-hydroxylation sites is 1. The maximum Gasteiger partial charge on any atom is 0.258 e. The van der Waals surface area contributed by atoms with Crippen LogP contribution in [-0.2, 0) is 16.0 Å². The van der Waals surface area contributed by atoms with Crippen LogP contribution in [0.4, 0.5) is 0 Å². The van der Waals surface area contributed by atoms with Gasteiger partial charge in [0.05, 0.1) is 26.2 Å². The Bertz CT molecular complexity index is 2130. The maximum absolute atomic E-state index is 14.0. The molecule has 3 N–H and O–H groups in total. The largest absolute Gasteiger partial charge is 0.490 e. The van der Waals surface area contributed by atoms with Gasteiger partial charge in [-0.3, -0.25) is 9.59 Å². The van der Waals surface area contributed by atoms with Crippen LogP contribution in [0.25, 0.3) is 16.5 Å². The fraction of sp³-hybridized carbons (Fsp3) is 0.349. The zero-order valence-corrected chi connectivity index (χ0v) is 29.5. The molecule has 0 saturated carbocycles. The Morgan fingerprint density at radius 1 is 1.06 bits per heavy atom. The third-order valence-electron chi connectivity index (χ3n) is 9.97. The van der Waals surface area contributed by atoms with Crippen LogP contribution in [-0.4, -0.2) is 76.0 Å². The molecule has 1 unspecified atom stereocenters.